The lowest BCUT2D eigenvalue weighted by molar-refractivity contribution is 1.26. The second-order valence-corrected chi connectivity index (χ2v) is 4.43. The van der Waals surface area contributed by atoms with E-state index in [0.717, 1.165) is 16.7 Å². The lowest BCUT2D eigenvalue weighted by atomic mass is 10.0. The summed E-state index contributed by atoms with van der Waals surface area (Å²) in [4.78, 5) is 0. The molecule has 0 fully saturated rings. The third kappa shape index (κ3) is 2.99. The van der Waals surface area contributed by atoms with Crippen molar-refractivity contribution in [3.63, 3.8) is 0 Å². The number of hydrogen-bond donors (Lipinski definition) is 1. The SMILES string of the molecule is NN=Cc1ccc(-c2cc(Cl)cc(Cl)c2)cc1. The third-order valence-electron chi connectivity index (χ3n) is 2.33. The number of benzene rings is 2. The van der Waals surface area contributed by atoms with E-state index in [-0.39, 0.29) is 0 Å². The van der Waals surface area contributed by atoms with Crippen LogP contribution in [0.4, 0.5) is 0 Å². The minimum Gasteiger partial charge on any atom is -0.323 e. The lowest BCUT2D eigenvalue weighted by Crippen LogP contribution is -1.86. The van der Waals surface area contributed by atoms with E-state index in [9.17, 15) is 0 Å². The molecule has 0 aliphatic rings. The van der Waals surface area contributed by atoms with E-state index in [1.807, 2.05) is 36.4 Å². The van der Waals surface area contributed by atoms with Crippen molar-refractivity contribution >= 4 is 29.4 Å². The van der Waals surface area contributed by atoms with E-state index < -0.39 is 0 Å². The van der Waals surface area contributed by atoms with Gasteiger partial charge in [-0.2, -0.15) is 5.10 Å². The zero-order valence-corrected chi connectivity index (χ0v) is 10.4. The molecule has 2 rings (SSSR count). The van der Waals surface area contributed by atoms with Crippen molar-refractivity contribution in [1.82, 2.24) is 0 Å². The molecule has 2 aromatic carbocycles. The first kappa shape index (κ1) is 12.0. The van der Waals surface area contributed by atoms with Gasteiger partial charge in [-0.25, -0.2) is 0 Å². The van der Waals surface area contributed by atoms with E-state index in [2.05, 4.69) is 5.10 Å². The molecule has 2 N–H and O–H groups in total. The fourth-order valence-electron chi connectivity index (χ4n) is 1.57. The maximum absolute atomic E-state index is 5.96. The molecule has 17 heavy (non-hydrogen) atoms. The van der Waals surface area contributed by atoms with Crippen LogP contribution < -0.4 is 5.84 Å². The van der Waals surface area contributed by atoms with Gasteiger partial charge in [0.1, 0.15) is 0 Å². The first-order valence-electron chi connectivity index (χ1n) is 4.99. The fraction of sp³-hybridized carbons (Fsp3) is 0. The molecule has 0 saturated carbocycles. The predicted octanol–water partition coefficient (Wildman–Crippen LogP) is 3.95. The van der Waals surface area contributed by atoms with Gasteiger partial charge in [0.15, 0.2) is 0 Å². The zero-order valence-electron chi connectivity index (χ0n) is 8.90. The van der Waals surface area contributed by atoms with Gasteiger partial charge in [0.05, 0.1) is 6.21 Å². The van der Waals surface area contributed by atoms with Crippen LogP contribution in [0.15, 0.2) is 47.6 Å². The van der Waals surface area contributed by atoms with Crippen molar-refractivity contribution < 1.29 is 0 Å². The highest BCUT2D eigenvalue weighted by Gasteiger charge is 2.01. The molecular weight excluding hydrogens is 255 g/mol. The number of nitrogens with two attached hydrogens (primary N) is 1. The van der Waals surface area contributed by atoms with E-state index in [1.54, 1.807) is 12.3 Å². The van der Waals surface area contributed by atoms with Crippen molar-refractivity contribution in [3.05, 3.63) is 58.1 Å². The second kappa shape index (κ2) is 5.21. The summed E-state index contributed by atoms with van der Waals surface area (Å²) in [5.41, 5.74) is 2.98. The molecule has 2 aromatic rings. The van der Waals surface area contributed by atoms with Crippen molar-refractivity contribution in [3.8, 4) is 11.1 Å². The summed E-state index contributed by atoms with van der Waals surface area (Å²) < 4.78 is 0. The quantitative estimate of drug-likeness (QED) is 0.498. The van der Waals surface area contributed by atoms with Crippen LogP contribution in [0.2, 0.25) is 10.0 Å². The highest BCUT2D eigenvalue weighted by Crippen LogP contribution is 2.27. The van der Waals surface area contributed by atoms with Crippen LogP contribution in [0.5, 0.6) is 0 Å². The molecule has 2 nitrogen and oxygen atoms in total. The van der Waals surface area contributed by atoms with Crippen molar-refractivity contribution in [2.75, 3.05) is 0 Å². The minimum absolute atomic E-state index is 0.625. The average molecular weight is 265 g/mol. The van der Waals surface area contributed by atoms with Crippen LogP contribution >= 0.6 is 23.2 Å². The van der Waals surface area contributed by atoms with Gasteiger partial charge in [-0.1, -0.05) is 47.5 Å². The van der Waals surface area contributed by atoms with Crippen LogP contribution in [0, 0.1) is 0 Å². The Kier molecular flexibility index (Phi) is 3.67. The Balaban J connectivity index is 2.39. The topological polar surface area (TPSA) is 38.4 Å². The van der Waals surface area contributed by atoms with Gasteiger partial charge >= 0.3 is 0 Å². The molecule has 0 heterocycles. The molecule has 0 unspecified atom stereocenters. The predicted molar refractivity (Wildman–Crippen MR) is 73.7 cm³/mol. The van der Waals surface area contributed by atoms with Crippen LogP contribution in [-0.2, 0) is 0 Å². The zero-order chi connectivity index (χ0) is 12.3. The van der Waals surface area contributed by atoms with Gasteiger partial charge in [-0.15, -0.1) is 0 Å². The number of hydrogen-bond acceptors (Lipinski definition) is 2. The highest BCUT2D eigenvalue weighted by molar-refractivity contribution is 6.35. The van der Waals surface area contributed by atoms with E-state index in [1.165, 1.54) is 0 Å². The fourth-order valence-corrected chi connectivity index (χ4v) is 2.09. The van der Waals surface area contributed by atoms with E-state index >= 15 is 0 Å². The maximum Gasteiger partial charge on any atom is 0.0538 e. The summed E-state index contributed by atoms with van der Waals surface area (Å²) in [5, 5.41) is 4.72. The van der Waals surface area contributed by atoms with Crippen molar-refractivity contribution in [2.24, 2.45) is 10.9 Å². The number of nitrogens with zero attached hydrogens (tertiary/aromatic N) is 1. The van der Waals surface area contributed by atoms with Crippen LogP contribution in [0.1, 0.15) is 5.56 Å². The minimum atomic E-state index is 0.625. The Bertz CT molecular complexity index is 528. The van der Waals surface area contributed by atoms with Crippen LogP contribution in [0.3, 0.4) is 0 Å². The van der Waals surface area contributed by atoms with Gasteiger partial charge in [-0.05, 0) is 34.9 Å². The Morgan fingerprint density at radius 3 is 2.00 bits per heavy atom. The standard InChI is InChI=1S/C13H10Cl2N2/c14-12-5-11(6-13(15)7-12)10-3-1-9(2-4-10)8-17-16/h1-8H,16H2. The lowest BCUT2D eigenvalue weighted by Gasteiger charge is -2.04. The Labute approximate surface area is 110 Å². The Hall–Kier alpha value is -1.51. The average Bonchev–Trinajstić information content (AvgIpc) is 2.29. The molecule has 0 bridgehead atoms. The Morgan fingerprint density at radius 1 is 0.882 bits per heavy atom. The molecule has 0 aliphatic heterocycles. The summed E-state index contributed by atoms with van der Waals surface area (Å²) in [5.74, 6) is 5.08. The van der Waals surface area contributed by atoms with E-state index in [0.29, 0.717) is 10.0 Å². The summed E-state index contributed by atoms with van der Waals surface area (Å²) in [6.45, 7) is 0. The third-order valence-corrected chi connectivity index (χ3v) is 2.77. The summed E-state index contributed by atoms with van der Waals surface area (Å²) in [6.07, 6.45) is 1.59. The number of rotatable bonds is 2. The van der Waals surface area contributed by atoms with Crippen molar-refractivity contribution in [2.45, 2.75) is 0 Å². The summed E-state index contributed by atoms with van der Waals surface area (Å²) in [7, 11) is 0. The monoisotopic (exact) mass is 264 g/mol. The normalized spacial score (nSPS) is 10.9. The number of halogens is 2. The molecular formula is C13H10Cl2N2. The largest absolute Gasteiger partial charge is 0.323 e. The number of hydrazone groups is 1. The van der Waals surface area contributed by atoms with Crippen LogP contribution in [-0.4, -0.2) is 6.21 Å². The summed E-state index contributed by atoms with van der Waals surface area (Å²) in [6, 6.07) is 13.3. The summed E-state index contributed by atoms with van der Waals surface area (Å²) >= 11 is 11.9. The second-order valence-electron chi connectivity index (χ2n) is 3.56. The molecule has 0 spiro atoms. The van der Waals surface area contributed by atoms with Gasteiger partial charge in [0.25, 0.3) is 0 Å². The first-order chi connectivity index (χ1) is 8.19. The molecule has 0 radical (unpaired) electrons. The smallest absolute Gasteiger partial charge is 0.0538 e. The van der Waals surface area contributed by atoms with Gasteiger partial charge < -0.3 is 5.84 Å². The molecule has 86 valence electrons. The Morgan fingerprint density at radius 2 is 1.47 bits per heavy atom. The van der Waals surface area contributed by atoms with Gasteiger partial charge in [0, 0.05) is 10.0 Å². The molecule has 0 aliphatic carbocycles. The first-order valence-corrected chi connectivity index (χ1v) is 5.74. The van der Waals surface area contributed by atoms with Gasteiger partial charge in [0.2, 0.25) is 0 Å². The molecule has 4 heteroatoms. The van der Waals surface area contributed by atoms with Crippen LogP contribution in [0.25, 0.3) is 11.1 Å². The molecule has 0 aromatic heterocycles. The highest BCUT2D eigenvalue weighted by atomic mass is 35.5. The molecule has 0 amide bonds. The maximum atomic E-state index is 5.96. The van der Waals surface area contributed by atoms with E-state index in [4.69, 9.17) is 29.0 Å². The van der Waals surface area contributed by atoms with Gasteiger partial charge in [-0.3, -0.25) is 0 Å². The molecule has 0 atom stereocenters. The molecule has 0 saturated heterocycles. The van der Waals surface area contributed by atoms with Crippen molar-refractivity contribution in [1.29, 1.82) is 0 Å².